The van der Waals surface area contributed by atoms with Crippen LogP contribution in [0.4, 0.5) is 0 Å². The van der Waals surface area contributed by atoms with Crippen molar-refractivity contribution in [1.29, 1.82) is 0 Å². The number of rotatable bonds is 2. The van der Waals surface area contributed by atoms with Crippen LogP contribution >= 0.6 is 0 Å². The smallest absolute Gasteiger partial charge is 0.124 e. The molecule has 0 aromatic heterocycles. The second-order valence-electron chi connectivity index (χ2n) is 9.34. The van der Waals surface area contributed by atoms with Gasteiger partial charge in [-0.1, -0.05) is 97.1 Å². The molecule has 2 heteroatoms. The Morgan fingerprint density at radius 1 is 0.667 bits per heavy atom. The molecule has 4 aliphatic rings. The fourth-order valence-electron chi connectivity index (χ4n) is 7.37. The largest absolute Gasteiger partial charge is 0.389 e. The van der Waals surface area contributed by atoms with Crippen LogP contribution in [0.1, 0.15) is 28.7 Å². The van der Waals surface area contributed by atoms with Crippen LogP contribution in [0.5, 0.6) is 0 Å². The maximum atomic E-state index is 11.0. The number of ether oxygens (including phenoxy) is 1. The van der Waals surface area contributed by atoms with Crippen LogP contribution in [0.15, 0.2) is 97.1 Å². The predicted octanol–water partition coefficient (Wildman–Crippen LogP) is 5.02. The first-order valence-electron chi connectivity index (χ1n) is 11.0. The molecule has 7 atom stereocenters. The van der Waals surface area contributed by atoms with Gasteiger partial charge in [-0.15, -0.1) is 0 Å². The van der Waals surface area contributed by atoms with Gasteiger partial charge in [-0.3, -0.25) is 0 Å². The van der Waals surface area contributed by atoms with Crippen molar-refractivity contribution in [2.75, 3.05) is 0 Å². The number of allylic oxidation sites excluding steroid dienone is 1. The lowest BCUT2D eigenvalue weighted by molar-refractivity contribution is -0.0761. The lowest BCUT2D eigenvalue weighted by Crippen LogP contribution is -2.42. The highest BCUT2D eigenvalue weighted by Crippen LogP contribution is 2.75. The Kier molecular flexibility index (Phi) is 3.25. The van der Waals surface area contributed by atoms with Gasteiger partial charge in [0, 0.05) is 11.8 Å². The predicted molar refractivity (Wildman–Crippen MR) is 116 cm³/mol. The van der Waals surface area contributed by atoms with Crippen LogP contribution in [0.2, 0.25) is 0 Å². The first-order chi connectivity index (χ1) is 14.8. The second-order valence-corrected chi connectivity index (χ2v) is 9.34. The van der Waals surface area contributed by atoms with E-state index in [2.05, 4.69) is 91.0 Å². The number of aliphatic hydroxyl groups excluding tert-OH is 1. The molecule has 0 radical (unpaired) electrons. The lowest BCUT2D eigenvalue weighted by Gasteiger charge is -2.40. The molecular weight excluding hydrogens is 368 g/mol. The van der Waals surface area contributed by atoms with Crippen LogP contribution in [0, 0.1) is 23.7 Å². The molecule has 148 valence electrons. The molecule has 0 spiro atoms. The van der Waals surface area contributed by atoms with E-state index in [0.717, 1.165) is 6.42 Å². The molecule has 2 heterocycles. The van der Waals surface area contributed by atoms with Gasteiger partial charge in [0.25, 0.3) is 0 Å². The average molecular weight is 392 g/mol. The Morgan fingerprint density at radius 3 is 1.80 bits per heavy atom. The van der Waals surface area contributed by atoms with E-state index in [9.17, 15) is 5.11 Å². The number of aliphatic hydroxyl groups is 1. The van der Waals surface area contributed by atoms with E-state index in [-0.39, 0.29) is 11.8 Å². The summed E-state index contributed by atoms with van der Waals surface area (Å²) < 4.78 is 7.40. The molecule has 1 saturated heterocycles. The quantitative estimate of drug-likeness (QED) is 0.621. The molecule has 1 saturated carbocycles. The summed E-state index contributed by atoms with van der Waals surface area (Å²) in [7, 11) is 0. The third kappa shape index (κ3) is 1.80. The summed E-state index contributed by atoms with van der Waals surface area (Å²) in [5, 5.41) is 11.0. The minimum atomic E-state index is -0.523. The van der Waals surface area contributed by atoms with Gasteiger partial charge in [-0.05, 0) is 40.5 Å². The standard InChI is InChI=1S/C28H24O2/c29-24-16-15-18-17-21(24)26-25(18)27(19-9-3-1-4-10-19)22-13-7-8-14-23(22)28(26,30-27)20-11-5-2-6-12-20/h1-16,18,21,24-26,29H,17H2/t18-,21-,24-,25+,26-,27-,28+/m1/s1. The number of benzene rings is 3. The topological polar surface area (TPSA) is 29.5 Å². The monoisotopic (exact) mass is 392 g/mol. The lowest BCUT2D eigenvalue weighted by atomic mass is 9.59. The van der Waals surface area contributed by atoms with Gasteiger partial charge in [0.2, 0.25) is 0 Å². The molecular formula is C28H24O2. The molecule has 2 nitrogen and oxygen atoms in total. The molecule has 2 aliphatic carbocycles. The maximum absolute atomic E-state index is 11.0. The molecule has 2 fully saturated rings. The number of fused-ring (bicyclic) bond motifs is 12. The van der Waals surface area contributed by atoms with Gasteiger partial charge in [0.05, 0.1) is 6.10 Å². The van der Waals surface area contributed by atoms with Crippen molar-refractivity contribution in [3.05, 3.63) is 119 Å². The van der Waals surface area contributed by atoms with Gasteiger partial charge in [0.1, 0.15) is 11.2 Å². The molecule has 0 amide bonds. The summed E-state index contributed by atoms with van der Waals surface area (Å²) in [6.45, 7) is 0. The molecule has 2 aliphatic heterocycles. The Labute approximate surface area is 176 Å². The highest BCUT2D eigenvalue weighted by atomic mass is 16.5. The number of hydrogen-bond donors (Lipinski definition) is 1. The molecule has 7 rings (SSSR count). The van der Waals surface area contributed by atoms with Crippen LogP contribution in [-0.4, -0.2) is 11.2 Å². The van der Waals surface area contributed by atoms with Crippen molar-refractivity contribution in [2.24, 2.45) is 23.7 Å². The van der Waals surface area contributed by atoms with Crippen molar-refractivity contribution < 1.29 is 9.84 Å². The second kappa shape index (κ2) is 5.72. The van der Waals surface area contributed by atoms with E-state index >= 15 is 0 Å². The normalized spacial score (nSPS) is 39.7. The van der Waals surface area contributed by atoms with Gasteiger partial charge in [-0.2, -0.15) is 0 Å². The Balaban J connectivity index is 1.60. The Bertz CT molecular complexity index is 1150. The van der Waals surface area contributed by atoms with E-state index in [1.54, 1.807) is 0 Å². The highest BCUT2D eigenvalue weighted by molar-refractivity contribution is 5.58. The fourth-order valence-corrected chi connectivity index (χ4v) is 7.37. The molecule has 3 aromatic rings. The summed E-state index contributed by atoms with van der Waals surface area (Å²) >= 11 is 0. The van der Waals surface area contributed by atoms with Crippen molar-refractivity contribution >= 4 is 0 Å². The Hall–Kier alpha value is -2.68. The fraction of sp³-hybridized carbons (Fsp3) is 0.286. The summed E-state index contributed by atoms with van der Waals surface area (Å²) in [5.41, 5.74) is 4.02. The molecule has 0 unspecified atom stereocenters. The number of hydrogen-bond acceptors (Lipinski definition) is 2. The third-order valence-electron chi connectivity index (χ3n) is 8.24. The molecule has 30 heavy (non-hydrogen) atoms. The van der Waals surface area contributed by atoms with E-state index in [1.807, 2.05) is 6.08 Å². The highest BCUT2D eigenvalue weighted by Gasteiger charge is 2.76. The molecule has 3 aromatic carbocycles. The summed E-state index contributed by atoms with van der Waals surface area (Å²) in [6, 6.07) is 30.3. The zero-order chi connectivity index (χ0) is 19.9. The van der Waals surface area contributed by atoms with E-state index < -0.39 is 17.3 Å². The minimum Gasteiger partial charge on any atom is -0.389 e. The molecule has 1 N–H and O–H groups in total. The molecule has 4 bridgehead atoms. The Morgan fingerprint density at radius 2 is 1.20 bits per heavy atom. The average Bonchev–Trinajstić information content (AvgIpc) is 3.42. The van der Waals surface area contributed by atoms with Crippen molar-refractivity contribution in [1.82, 2.24) is 0 Å². The van der Waals surface area contributed by atoms with Crippen LogP contribution in [0.25, 0.3) is 0 Å². The third-order valence-corrected chi connectivity index (χ3v) is 8.24. The van der Waals surface area contributed by atoms with Crippen molar-refractivity contribution in [3.8, 4) is 0 Å². The maximum Gasteiger partial charge on any atom is 0.124 e. The van der Waals surface area contributed by atoms with E-state index in [4.69, 9.17) is 4.74 Å². The van der Waals surface area contributed by atoms with Gasteiger partial charge in [0.15, 0.2) is 0 Å². The van der Waals surface area contributed by atoms with Crippen LogP contribution in [-0.2, 0) is 15.9 Å². The van der Waals surface area contributed by atoms with Crippen LogP contribution in [0.3, 0.4) is 0 Å². The zero-order valence-electron chi connectivity index (χ0n) is 16.7. The van der Waals surface area contributed by atoms with Gasteiger partial charge in [-0.25, -0.2) is 0 Å². The zero-order valence-corrected chi connectivity index (χ0v) is 16.7. The van der Waals surface area contributed by atoms with E-state index in [1.165, 1.54) is 22.3 Å². The van der Waals surface area contributed by atoms with Gasteiger partial charge >= 0.3 is 0 Å². The summed E-state index contributed by atoms with van der Waals surface area (Å²) in [6.07, 6.45) is 4.94. The minimum absolute atomic E-state index is 0.212. The first kappa shape index (κ1) is 17.0. The van der Waals surface area contributed by atoms with Gasteiger partial charge < -0.3 is 9.84 Å². The van der Waals surface area contributed by atoms with Crippen molar-refractivity contribution in [2.45, 2.75) is 23.7 Å². The summed E-state index contributed by atoms with van der Waals surface area (Å²) in [5.74, 6) is 1.19. The summed E-state index contributed by atoms with van der Waals surface area (Å²) in [4.78, 5) is 0. The van der Waals surface area contributed by atoms with E-state index in [0.29, 0.717) is 11.8 Å². The van der Waals surface area contributed by atoms with Crippen LogP contribution < -0.4 is 0 Å². The first-order valence-corrected chi connectivity index (χ1v) is 11.0. The van der Waals surface area contributed by atoms with Crippen molar-refractivity contribution in [3.63, 3.8) is 0 Å². The SMILES string of the molecule is O[C@@H]1C=C[C@@H]2C[C@H]1[C@@H]1[C@H]2[C@]2(c3ccccc3)O[C@@]1(c1ccccc1)c1ccccc12.